The summed E-state index contributed by atoms with van der Waals surface area (Å²) in [6.45, 7) is 5.09. The minimum atomic E-state index is -0.473. The van der Waals surface area contributed by atoms with Gasteiger partial charge in [-0.1, -0.05) is 18.2 Å². The third kappa shape index (κ3) is 3.14. The molecule has 4 heteroatoms. The lowest BCUT2D eigenvalue weighted by atomic mass is 10.1. The lowest BCUT2D eigenvalue weighted by molar-refractivity contribution is 0.0688. The molecule has 0 spiro atoms. The predicted octanol–water partition coefficient (Wildman–Crippen LogP) is 1.51. The van der Waals surface area contributed by atoms with Crippen LogP contribution < -0.4 is 4.74 Å². The lowest BCUT2D eigenvalue weighted by Crippen LogP contribution is -2.48. The highest BCUT2D eigenvalue weighted by Gasteiger charge is 2.31. The van der Waals surface area contributed by atoms with Crippen LogP contribution in [0.15, 0.2) is 24.3 Å². The van der Waals surface area contributed by atoms with E-state index >= 15 is 0 Å². The quantitative estimate of drug-likeness (QED) is 0.884. The van der Waals surface area contributed by atoms with Crippen molar-refractivity contribution in [2.45, 2.75) is 25.0 Å². The van der Waals surface area contributed by atoms with Crippen LogP contribution >= 0.6 is 0 Å². The Morgan fingerprint density at radius 3 is 2.55 bits per heavy atom. The summed E-state index contributed by atoms with van der Waals surface area (Å²) in [6, 6.07) is 8.60. The van der Waals surface area contributed by atoms with Crippen molar-refractivity contribution >= 4 is 0 Å². The van der Waals surface area contributed by atoms with E-state index in [2.05, 4.69) is 9.80 Å². The summed E-state index contributed by atoms with van der Waals surface area (Å²) >= 11 is 0. The van der Waals surface area contributed by atoms with E-state index < -0.39 is 6.10 Å². The zero-order chi connectivity index (χ0) is 13.9. The van der Waals surface area contributed by atoms with Crippen LogP contribution in [0.5, 0.6) is 5.75 Å². The van der Waals surface area contributed by atoms with Gasteiger partial charge in [-0.15, -0.1) is 0 Å². The average molecular weight is 276 g/mol. The van der Waals surface area contributed by atoms with Crippen molar-refractivity contribution in [3.63, 3.8) is 0 Å². The third-order valence-corrected chi connectivity index (χ3v) is 4.40. The number of hydrogen-bond acceptors (Lipinski definition) is 4. The molecule has 1 N–H and O–H groups in total. The summed E-state index contributed by atoms with van der Waals surface area (Å²) in [5, 5.41) is 10.4. The van der Waals surface area contributed by atoms with Gasteiger partial charge in [-0.05, 0) is 18.9 Å². The molecular formula is C16H24N2O2. The van der Waals surface area contributed by atoms with Crippen LogP contribution in [-0.2, 0) is 0 Å². The van der Waals surface area contributed by atoms with Gasteiger partial charge in [0.15, 0.2) is 0 Å². The Labute approximate surface area is 120 Å². The first-order chi connectivity index (χ1) is 9.78. The van der Waals surface area contributed by atoms with Crippen LogP contribution in [0.4, 0.5) is 0 Å². The molecule has 3 rings (SSSR count). The zero-order valence-electron chi connectivity index (χ0n) is 12.2. The molecule has 2 aliphatic rings. The summed E-state index contributed by atoms with van der Waals surface area (Å²) < 4.78 is 5.33. The number of hydrogen-bond donors (Lipinski definition) is 1. The monoisotopic (exact) mass is 276 g/mol. The van der Waals surface area contributed by atoms with E-state index in [1.54, 1.807) is 7.11 Å². The normalized spacial score (nSPS) is 22.7. The van der Waals surface area contributed by atoms with E-state index in [0.29, 0.717) is 6.54 Å². The summed E-state index contributed by atoms with van der Waals surface area (Å²) in [7, 11) is 1.65. The highest BCUT2D eigenvalue weighted by Crippen LogP contribution is 2.29. The molecule has 1 aromatic rings. The van der Waals surface area contributed by atoms with Gasteiger partial charge in [-0.3, -0.25) is 9.80 Å². The second-order valence-electron chi connectivity index (χ2n) is 5.83. The Morgan fingerprint density at radius 1 is 1.20 bits per heavy atom. The fourth-order valence-electron chi connectivity index (χ4n) is 3.04. The minimum absolute atomic E-state index is 0.473. The number of aliphatic hydroxyl groups is 1. The first-order valence-corrected chi connectivity index (χ1v) is 7.55. The summed E-state index contributed by atoms with van der Waals surface area (Å²) in [5.41, 5.74) is 0.889. The van der Waals surface area contributed by atoms with Crippen molar-refractivity contribution in [1.82, 2.24) is 9.80 Å². The van der Waals surface area contributed by atoms with E-state index in [9.17, 15) is 5.11 Å². The van der Waals surface area contributed by atoms with Gasteiger partial charge in [-0.2, -0.15) is 0 Å². The molecule has 1 aliphatic carbocycles. The van der Waals surface area contributed by atoms with Gasteiger partial charge in [0.25, 0.3) is 0 Å². The Balaban J connectivity index is 1.54. The predicted molar refractivity (Wildman–Crippen MR) is 79.0 cm³/mol. The number of β-amino-alcohol motifs (C(OH)–C–C–N with tert-alkyl or cyclic N) is 1. The first kappa shape index (κ1) is 13.9. The first-order valence-electron chi connectivity index (χ1n) is 7.55. The minimum Gasteiger partial charge on any atom is -0.496 e. The molecule has 1 saturated carbocycles. The number of benzene rings is 1. The number of nitrogens with zero attached hydrogens (tertiary/aromatic N) is 2. The smallest absolute Gasteiger partial charge is 0.124 e. The van der Waals surface area contributed by atoms with Crippen LogP contribution in [-0.4, -0.2) is 60.8 Å². The number of methoxy groups -OCH3 is 1. The Kier molecular flexibility index (Phi) is 4.24. The molecule has 0 amide bonds. The van der Waals surface area contributed by atoms with Crippen molar-refractivity contribution in [2.24, 2.45) is 0 Å². The SMILES string of the molecule is COc1ccccc1C(O)CN1CCN(C2CC2)CC1. The van der Waals surface area contributed by atoms with Crippen LogP contribution in [0.1, 0.15) is 24.5 Å². The van der Waals surface area contributed by atoms with Crippen LogP contribution in [0, 0.1) is 0 Å². The molecule has 1 aromatic carbocycles. The maximum absolute atomic E-state index is 10.4. The Hall–Kier alpha value is -1.10. The Morgan fingerprint density at radius 2 is 1.90 bits per heavy atom. The molecule has 110 valence electrons. The Bertz CT molecular complexity index is 440. The van der Waals surface area contributed by atoms with Crippen LogP contribution in [0.2, 0.25) is 0 Å². The van der Waals surface area contributed by atoms with Crippen molar-refractivity contribution in [1.29, 1.82) is 0 Å². The molecule has 20 heavy (non-hydrogen) atoms. The molecule has 1 aliphatic heterocycles. The number of rotatable bonds is 5. The lowest BCUT2D eigenvalue weighted by Gasteiger charge is -2.35. The second-order valence-corrected chi connectivity index (χ2v) is 5.83. The third-order valence-electron chi connectivity index (χ3n) is 4.40. The van der Waals surface area contributed by atoms with Gasteiger partial charge >= 0.3 is 0 Å². The average Bonchev–Trinajstić information content (AvgIpc) is 3.32. The van der Waals surface area contributed by atoms with E-state index in [0.717, 1.165) is 43.5 Å². The van der Waals surface area contributed by atoms with Crippen LogP contribution in [0.3, 0.4) is 0 Å². The largest absolute Gasteiger partial charge is 0.496 e. The molecular weight excluding hydrogens is 252 g/mol. The van der Waals surface area contributed by atoms with Gasteiger partial charge in [0.1, 0.15) is 5.75 Å². The molecule has 2 fully saturated rings. The fourth-order valence-corrected chi connectivity index (χ4v) is 3.04. The van der Waals surface area contributed by atoms with Gasteiger partial charge in [0.05, 0.1) is 13.2 Å². The van der Waals surface area contributed by atoms with Crippen molar-refractivity contribution in [2.75, 3.05) is 39.8 Å². The van der Waals surface area contributed by atoms with Gasteiger partial charge in [0.2, 0.25) is 0 Å². The second kappa shape index (κ2) is 6.12. The topological polar surface area (TPSA) is 35.9 Å². The molecule has 1 unspecified atom stereocenters. The van der Waals surface area contributed by atoms with E-state index in [1.807, 2.05) is 24.3 Å². The summed E-state index contributed by atoms with van der Waals surface area (Å²) in [5.74, 6) is 0.775. The van der Waals surface area contributed by atoms with E-state index in [1.165, 1.54) is 12.8 Å². The number of para-hydroxylation sites is 1. The van der Waals surface area contributed by atoms with Gasteiger partial charge in [0, 0.05) is 44.3 Å². The molecule has 1 saturated heterocycles. The number of aliphatic hydroxyl groups excluding tert-OH is 1. The molecule has 1 atom stereocenters. The highest BCUT2D eigenvalue weighted by atomic mass is 16.5. The van der Waals surface area contributed by atoms with Gasteiger partial charge in [-0.25, -0.2) is 0 Å². The number of piperazine rings is 1. The van der Waals surface area contributed by atoms with E-state index in [-0.39, 0.29) is 0 Å². The van der Waals surface area contributed by atoms with Crippen molar-refractivity contribution < 1.29 is 9.84 Å². The van der Waals surface area contributed by atoms with Crippen LogP contribution in [0.25, 0.3) is 0 Å². The van der Waals surface area contributed by atoms with E-state index in [4.69, 9.17) is 4.74 Å². The molecule has 4 nitrogen and oxygen atoms in total. The molecule has 1 heterocycles. The zero-order valence-corrected chi connectivity index (χ0v) is 12.2. The van der Waals surface area contributed by atoms with Gasteiger partial charge < -0.3 is 9.84 Å². The fraction of sp³-hybridized carbons (Fsp3) is 0.625. The maximum Gasteiger partial charge on any atom is 0.124 e. The maximum atomic E-state index is 10.4. The standard InChI is InChI=1S/C16H24N2O2/c1-20-16-5-3-2-4-14(16)15(19)12-17-8-10-18(11-9-17)13-6-7-13/h2-5,13,15,19H,6-12H2,1H3. The molecule has 0 bridgehead atoms. The van der Waals surface area contributed by atoms with Crippen molar-refractivity contribution in [3.8, 4) is 5.75 Å². The summed E-state index contributed by atoms with van der Waals surface area (Å²) in [6.07, 6.45) is 2.28. The summed E-state index contributed by atoms with van der Waals surface area (Å²) in [4.78, 5) is 4.95. The number of ether oxygens (including phenoxy) is 1. The highest BCUT2D eigenvalue weighted by molar-refractivity contribution is 5.35. The van der Waals surface area contributed by atoms with Crippen molar-refractivity contribution in [3.05, 3.63) is 29.8 Å². The molecule has 0 aromatic heterocycles. The molecule has 0 radical (unpaired) electrons.